The van der Waals surface area contributed by atoms with Crippen LogP contribution in [0.2, 0.25) is 0 Å². The summed E-state index contributed by atoms with van der Waals surface area (Å²) in [5.41, 5.74) is 2.42. The number of carboxylic acid groups (broad SMARTS) is 1. The average Bonchev–Trinajstić information content (AvgIpc) is 2.77. The fourth-order valence-corrected chi connectivity index (χ4v) is 2.90. The molecule has 1 unspecified atom stereocenters. The third kappa shape index (κ3) is 2.03. The molecule has 4 heteroatoms. The Morgan fingerprint density at radius 1 is 1.37 bits per heavy atom. The number of benzene rings is 1. The van der Waals surface area contributed by atoms with Gasteiger partial charge in [-0.3, -0.25) is 0 Å². The first-order valence-electron chi connectivity index (χ1n) is 6.51. The van der Waals surface area contributed by atoms with Crippen LogP contribution in [0.1, 0.15) is 39.9 Å². The van der Waals surface area contributed by atoms with Gasteiger partial charge >= 0.3 is 5.97 Å². The van der Waals surface area contributed by atoms with Gasteiger partial charge in [0, 0.05) is 12.5 Å². The van der Waals surface area contributed by atoms with E-state index in [9.17, 15) is 4.79 Å². The molecule has 1 aliphatic rings. The van der Waals surface area contributed by atoms with Gasteiger partial charge in [0.1, 0.15) is 5.82 Å². The van der Waals surface area contributed by atoms with Crippen molar-refractivity contribution in [3.63, 3.8) is 0 Å². The first kappa shape index (κ1) is 12.0. The molecular weight excluding hydrogens is 240 g/mol. The van der Waals surface area contributed by atoms with Crippen LogP contribution in [0.15, 0.2) is 30.3 Å². The van der Waals surface area contributed by atoms with Gasteiger partial charge < -0.3 is 9.67 Å². The van der Waals surface area contributed by atoms with Crippen molar-refractivity contribution in [2.24, 2.45) is 0 Å². The first-order chi connectivity index (χ1) is 9.16. The number of rotatable bonds is 2. The minimum absolute atomic E-state index is 0.226. The molecule has 1 aromatic carbocycles. The second kappa shape index (κ2) is 4.53. The fraction of sp³-hybridized carbons (Fsp3) is 0.333. The molecule has 4 nitrogen and oxygen atoms in total. The van der Waals surface area contributed by atoms with Gasteiger partial charge in [-0.15, -0.1) is 0 Å². The molecular formula is C15H16N2O2. The maximum absolute atomic E-state index is 11.2. The topological polar surface area (TPSA) is 55.1 Å². The summed E-state index contributed by atoms with van der Waals surface area (Å²) >= 11 is 0. The summed E-state index contributed by atoms with van der Waals surface area (Å²) in [4.78, 5) is 15.3. The fourth-order valence-electron chi connectivity index (χ4n) is 2.90. The van der Waals surface area contributed by atoms with Crippen molar-refractivity contribution >= 4 is 5.97 Å². The predicted molar refractivity (Wildman–Crippen MR) is 71.4 cm³/mol. The Bertz CT molecular complexity index is 617. The van der Waals surface area contributed by atoms with Crippen LogP contribution in [0.5, 0.6) is 0 Å². The zero-order valence-corrected chi connectivity index (χ0v) is 10.8. The van der Waals surface area contributed by atoms with Gasteiger partial charge in [-0.2, -0.15) is 0 Å². The Morgan fingerprint density at radius 3 is 2.79 bits per heavy atom. The smallest absolute Gasteiger partial charge is 0.356 e. The second-order valence-electron chi connectivity index (χ2n) is 5.02. The molecule has 0 amide bonds. The molecule has 1 aliphatic heterocycles. The lowest BCUT2D eigenvalue weighted by atomic mass is 9.90. The van der Waals surface area contributed by atoms with Gasteiger partial charge in [-0.05, 0) is 25.3 Å². The monoisotopic (exact) mass is 256 g/mol. The molecule has 19 heavy (non-hydrogen) atoms. The molecule has 2 aromatic rings. The van der Waals surface area contributed by atoms with E-state index < -0.39 is 5.97 Å². The van der Waals surface area contributed by atoms with Crippen LogP contribution in [-0.4, -0.2) is 20.6 Å². The lowest BCUT2D eigenvalue weighted by molar-refractivity contribution is 0.0689. The number of aromatic carboxylic acids is 1. The van der Waals surface area contributed by atoms with Crippen LogP contribution in [-0.2, 0) is 13.0 Å². The van der Waals surface area contributed by atoms with Crippen LogP contribution < -0.4 is 0 Å². The molecule has 2 heterocycles. The number of hydrogen-bond donors (Lipinski definition) is 1. The lowest BCUT2D eigenvalue weighted by Crippen LogP contribution is -2.20. The van der Waals surface area contributed by atoms with E-state index in [4.69, 9.17) is 5.11 Å². The van der Waals surface area contributed by atoms with Crippen molar-refractivity contribution in [3.8, 4) is 0 Å². The average molecular weight is 256 g/mol. The van der Waals surface area contributed by atoms with E-state index in [0.717, 1.165) is 30.9 Å². The van der Waals surface area contributed by atoms with Crippen molar-refractivity contribution in [2.45, 2.75) is 32.2 Å². The van der Waals surface area contributed by atoms with Crippen molar-refractivity contribution in [2.75, 3.05) is 0 Å². The number of aryl methyl sites for hydroxylation is 1. The standard InChI is InChI=1S/C15H16N2O2/c1-10-16-14(15(18)19)13-8-7-12(9-17(10)13)11-5-3-2-4-6-11/h2-6,12H,7-9H2,1H3,(H,18,19). The molecule has 98 valence electrons. The van der Waals surface area contributed by atoms with E-state index in [0.29, 0.717) is 5.92 Å². The van der Waals surface area contributed by atoms with Gasteiger partial charge in [0.15, 0.2) is 5.69 Å². The number of hydrogen-bond acceptors (Lipinski definition) is 2. The van der Waals surface area contributed by atoms with Crippen LogP contribution >= 0.6 is 0 Å². The van der Waals surface area contributed by atoms with Gasteiger partial charge in [-0.1, -0.05) is 30.3 Å². The molecule has 1 N–H and O–H groups in total. The van der Waals surface area contributed by atoms with Crippen LogP contribution in [0, 0.1) is 6.92 Å². The molecule has 0 bridgehead atoms. The van der Waals surface area contributed by atoms with Gasteiger partial charge in [0.2, 0.25) is 0 Å². The minimum Gasteiger partial charge on any atom is -0.476 e. The van der Waals surface area contributed by atoms with Gasteiger partial charge in [0.25, 0.3) is 0 Å². The summed E-state index contributed by atoms with van der Waals surface area (Å²) in [6.45, 7) is 2.70. The summed E-state index contributed by atoms with van der Waals surface area (Å²) in [6, 6.07) is 10.4. The highest BCUT2D eigenvalue weighted by Gasteiger charge is 2.27. The molecule has 0 aliphatic carbocycles. The third-order valence-corrected chi connectivity index (χ3v) is 3.87. The van der Waals surface area contributed by atoms with E-state index in [2.05, 4.69) is 21.7 Å². The van der Waals surface area contributed by atoms with Crippen molar-refractivity contribution < 1.29 is 9.90 Å². The largest absolute Gasteiger partial charge is 0.476 e. The second-order valence-corrected chi connectivity index (χ2v) is 5.02. The molecule has 0 spiro atoms. The van der Waals surface area contributed by atoms with Crippen molar-refractivity contribution in [3.05, 3.63) is 53.1 Å². The molecule has 1 aromatic heterocycles. The van der Waals surface area contributed by atoms with Crippen LogP contribution in [0.3, 0.4) is 0 Å². The maximum atomic E-state index is 11.2. The molecule has 3 rings (SSSR count). The third-order valence-electron chi connectivity index (χ3n) is 3.87. The number of carboxylic acids is 1. The Labute approximate surface area is 111 Å². The molecule has 0 saturated carbocycles. The molecule has 0 saturated heterocycles. The Hall–Kier alpha value is -2.10. The van der Waals surface area contributed by atoms with Crippen molar-refractivity contribution in [1.82, 2.24) is 9.55 Å². The lowest BCUT2D eigenvalue weighted by Gasteiger charge is -2.25. The van der Waals surface area contributed by atoms with E-state index in [1.165, 1.54) is 5.56 Å². The highest BCUT2D eigenvalue weighted by Crippen LogP contribution is 2.31. The Morgan fingerprint density at radius 2 is 2.11 bits per heavy atom. The Balaban J connectivity index is 1.95. The van der Waals surface area contributed by atoms with Crippen molar-refractivity contribution in [1.29, 1.82) is 0 Å². The summed E-state index contributed by atoms with van der Waals surface area (Å²) in [5.74, 6) is 0.325. The zero-order valence-electron chi connectivity index (χ0n) is 10.8. The molecule has 0 radical (unpaired) electrons. The maximum Gasteiger partial charge on any atom is 0.356 e. The van der Waals surface area contributed by atoms with Crippen LogP contribution in [0.4, 0.5) is 0 Å². The quantitative estimate of drug-likeness (QED) is 0.898. The van der Waals surface area contributed by atoms with Gasteiger partial charge in [-0.25, -0.2) is 9.78 Å². The number of imidazole rings is 1. The summed E-state index contributed by atoms with van der Waals surface area (Å²) in [5, 5.41) is 9.16. The van der Waals surface area contributed by atoms with Crippen LogP contribution in [0.25, 0.3) is 0 Å². The summed E-state index contributed by atoms with van der Waals surface area (Å²) < 4.78 is 2.06. The predicted octanol–water partition coefficient (Wildman–Crippen LogP) is 2.62. The zero-order chi connectivity index (χ0) is 13.4. The summed E-state index contributed by atoms with van der Waals surface area (Å²) in [6.07, 6.45) is 1.76. The summed E-state index contributed by atoms with van der Waals surface area (Å²) in [7, 11) is 0. The highest BCUT2D eigenvalue weighted by molar-refractivity contribution is 5.87. The first-order valence-corrected chi connectivity index (χ1v) is 6.51. The van der Waals surface area contributed by atoms with E-state index in [1.807, 2.05) is 25.1 Å². The van der Waals surface area contributed by atoms with E-state index in [1.54, 1.807) is 0 Å². The molecule has 0 fully saturated rings. The number of carbonyl (C=O) groups is 1. The number of aromatic nitrogens is 2. The Kier molecular flexibility index (Phi) is 2.85. The van der Waals surface area contributed by atoms with E-state index in [-0.39, 0.29) is 5.69 Å². The SMILES string of the molecule is Cc1nc(C(=O)O)c2n1CC(c1ccccc1)CC2. The minimum atomic E-state index is -0.921. The highest BCUT2D eigenvalue weighted by atomic mass is 16.4. The molecule has 1 atom stereocenters. The van der Waals surface area contributed by atoms with Gasteiger partial charge in [0.05, 0.1) is 5.69 Å². The van der Waals surface area contributed by atoms with E-state index >= 15 is 0 Å². The number of nitrogens with zero attached hydrogens (tertiary/aromatic N) is 2. The normalized spacial score (nSPS) is 18.1. The number of fused-ring (bicyclic) bond motifs is 1.